The number of alkyl halides is 22. The number of benzene rings is 4. The zero-order chi connectivity index (χ0) is 107. The Balaban J connectivity index is 0.000000155. The van der Waals surface area contributed by atoms with Gasteiger partial charge in [0.2, 0.25) is 5.91 Å². The number of amides is 5. The summed E-state index contributed by atoms with van der Waals surface area (Å²) in [7, 11) is 0. The molecule has 13 saturated heterocycles. The number of carbonyl (C=O) groups is 5. The highest BCUT2D eigenvalue weighted by Crippen LogP contribution is 2.50. The zero-order valence-corrected chi connectivity index (χ0v) is 84.0. The van der Waals surface area contributed by atoms with Crippen LogP contribution >= 0.6 is 11.6 Å². The number of hydrogen-bond acceptors (Lipinski definition) is 18. The molecule has 13 aliphatic rings. The fraction of sp³-hybridized carbons (Fsp3) is 0.713. The molecule has 46 heteroatoms. The quantitative estimate of drug-likeness (QED) is 0.0765. The van der Waals surface area contributed by atoms with Crippen molar-refractivity contribution in [3.63, 3.8) is 0 Å². The summed E-state index contributed by atoms with van der Waals surface area (Å²) in [6.45, 7) is 21.3. The summed E-state index contributed by atoms with van der Waals surface area (Å²) in [5.74, 6) is 0.0395. The van der Waals surface area contributed by atoms with E-state index in [1.165, 1.54) is 74.4 Å². The number of carbonyl (C=O) groups excluding carboxylic acids is 5. The van der Waals surface area contributed by atoms with Gasteiger partial charge in [0, 0.05) is 192 Å². The summed E-state index contributed by atoms with van der Waals surface area (Å²) in [4.78, 5) is 84.9. The van der Waals surface area contributed by atoms with E-state index in [0.717, 1.165) is 183 Å². The second kappa shape index (κ2) is 46.4. The third-order valence-electron chi connectivity index (χ3n) is 32.2. The summed E-state index contributed by atoms with van der Waals surface area (Å²) in [5.41, 5.74) is 3.91. The van der Waals surface area contributed by atoms with Crippen LogP contribution in [0.15, 0.2) is 72.8 Å². The van der Waals surface area contributed by atoms with Gasteiger partial charge < -0.3 is 67.8 Å². The molecule has 4 aromatic rings. The largest absolute Gasteiger partial charge is 0.437 e. The highest BCUT2D eigenvalue weighted by atomic mass is 35.5. The average molecular weight is 2140 g/mol. The van der Waals surface area contributed by atoms with Crippen molar-refractivity contribution in [1.82, 2.24) is 44.1 Å². The van der Waals surface area contributed by atoms with Crippen molar-refractivity contribution in [2.24, 2.45) is 21.7 Å². The Labute approximate surface area is 846 Å². The van der Waals surface area contributed by atoms with Crippen LogP contribution in [-0.2, 0) is 73.2 Å². The lowest BCUT2D eigenvalue weighted by Gasteiger charge is -2.41. The van der Waals surface area contributed by atoms with Crippen molar-refractivity contribution in [2.75, 3.05) is 190 Å². The van der Waals surface area contributed by atoms with Gasteiger partial charge in [0.15, 0.2) is 24.4 Å². The van der Waals surface area contributed by atoms with Crippen LogP contribution in [0.3, 0.4) is 0 Å². The first kappa shape index (κ1) is 114. The first-order valence-corrected chi connectivity index (χ1v) is 51.2. The van der Waals surface area contributed by atoms with Crippen molar-refractivity contribution < 1.29 is 144 Å². The van der Waals surface area contributed by atoms with E-state index in [0.29, 0.717) is 180 Å². The predicted molar refractivity (Wildman–Crippen MR) is 503 cm³/mol. The fourth-order valence-electron chi connectivity index (χ4n) is 22.6. The molecule has 0 aliphatic carbocycles. The van der Waals surface area contributed by atoms with E-state index < -0.39 is 115 Å². The van der Waals surface area contributed by atoms with E-state index in [-0.39, 0.29) is 65.7 Å². The summed E-state index contributed by atoms with van der Waals surface area (Å²) in [5, 5.41) is 0.759. The van der Waals surface area contributed by atoms with Crippen molar-refractivity contribution in [3.05, 3.63) is 117 Å². The van der Waals surface area contributed by atoms with Gasteiger partial charge in [-0.05, 0) is 281 Å². The SMILES string of the molecule is CC(=O)N1CCC2(CCN(c3cc(C(F)(F)F)ccc3CN3CCN(C(=O)OC(C)C(F)(F)F)CC3)CC2)C1.CC(OC(=O)N1CCC2(CCN(Cc3ccc(C(F)(F)F)cc3N3CC4CCC(C3)O4)CC2)C1)C(F)(F)F.CC(OC(=O)N1CCC2(CCN(Cc3ccc(C(F)(F)F)cc3N3CCC(F)CC3)CC2)C1)C(F)(F)F.CC(OC(=O)N1CCC2(CCN(Cc3ccc(Cl)cc3N3CCCCC3)CC2)C1)C(F)(F)F. The van der Waals surface area contributed by atoms with Crippen LogP contribution in [-0.4, -0.2) is 312 Å². The van der Waals surface area contributed by atoms with Crippen molar-refractivity contribution in [2.45, 2.75) is 269 Å². The second-order valence-electron chi connectivity index (χ2n) is 42.4. The summed E-state index contributed by atoms with van der Waals surface area (Å²) in [6.07, 6.45) is -29.5. The average Bonchev–Trinajstić information content (AvgIpc) is 1.49. The molecule has 6 atom stereocenters. The minimum atomic E-state index is -4.64. The minimum absolute atomic E-state index is 0.00147. The molecule has 5 amide bonds. The highest BCUT2D eigenvalue weighted by Gasteiger charge is 2.52. The maximum atomic E-state index is 13.7. The normalized spacial score (nSPS) is 23.3. The maximum Gasteiger partial charge on any atom is 0.425 e. The number of morpholine rings is 1. The molecular weight excluding hydrogens is 2010 g/mol. The molecule has 0 aromatic heterocycles. The third-order valence-corrected chi connectivity index (χ3v) is 32.4. The lowest BCUT2D eigenvalue weighted by molar-refractivity contribution is -0.200. The number of hydrogen-bond donors (Lipinski definition) is 0. The number of nitrogens with zero attached hydrogens (tertiary/aromatic N) is 13. The smallest absolute Gasteiger partial charge is 0.425 e. The molecule has 2 bridgehead atoms. The van der Waals surface area contributed by atoms with E-state index in [9.17, 15) is 121 Å². The van der Waals surface area contributed by atoms with Crippen molar-refractivity contribution in [3.8, 4) is 0 Å². The Bertz CT molecular complexity index is 5090. The van der Waals surface area contributed by atoms with E-state index in [1.807, 2.05) is 30.6 Å². The second-order valence-corrected chi connectivity index (χ2v) is 42.9. The van der Waals surface area contributed by atoms with Crippen LogP contribution in [0.4, 0.5) is 139 Å². The van der Waals surface area contributed by atoms with E-state index in [4.69, 9.17) is 16.3 Å². The third kappa shape index (κ3) is 29.8. The Kier molecular flexibility index (Phi) is 35.9. The zero-order valence-electron chi connectivity index (χ0n) is 83.2. The van der Waals surface area contributed by atoms with Gasteiger partial charge in [-0.1, -0.05) is 35.9 Å². The molecule has 13 aliphatic heterocycles. The van der Waals surface area contributed by atoms with Gasteiger partial charge in [-0.15, -0.1) is 0 Å². The number of likely N-dealkylation sites (tertiary alicyclic amines) is 7. The van der Waals surface area contributed by atoms with Gasteiger partial charge in [0.25, 0.3) is 0 Å². The van der Waals surface area contributed by atoms with Crippen LogP contribution < -0.4 is 19.6 Å². The number of piperidine rings is 6. The molecule has 4 aromatic carbocycles. The molecule has 822 valence electrons. The number of piperazine rings is 1. The summed E-state index contributed by atoms with van der Waals surface area (Å²) < 4.78 is 312. The highest BCUT2D eigenvalue weighted by molar-refractivity contribution is 6.30. The van der Waals surface area contributed by atoms with Gasteiger partial charge in [-0.3, -0.25) is 24.4 Å². The Morgan fingerprint density at radius 1 is 0.327 bits per heavy atom. The number of fused-ring (bicyclic) bond motifs is 2. The van der Waals surface area contributed by atoms with E-state index in [1.54, 1.807) is 13.0 Å². The van der Waals surface area contributed by atoms with Crippen molar-refractivity contribution >= 4 is 64.6 Å². The summed E-state index contributed by atoms with van der Waals surface area (Å²) >= 11 is 6.31. The van der Waals surface area contributed by atoms with Gasteiger partial charge in [0.05, 0.1) is 28.9 Å². The lowest BCUT2D eigenvalue weighted by Crippen LogP contribution is -2.49. The van der Waals surface area contributed by atoms with Crippen LogP contribution in [0.1, 0.15) is 196 Å². The number of ether oxygens (including phenoxy) is 5. The molecule has 6 unspecified atom stereocenters. The molecule has 0 radical (unpaired) electrons. The molecule has 4 spiro atoms. The molecule has 147 heavy (non-hydrogen) atoms. The van der Waals surface area contributed by atoms with E-state index in [2.05, 4.69) is 50.7 Å². The topological polar surface area (TPSA) is 174 Å². The fourth-order valence-corrected chi connectivity index (χ4v) is 22.8. The van der Waals surface area contributed by atoms with Gasteiger partial charge in [-0.2, -0.15) is 92.2 Å². The van der Waals surface area contributed by atoms with Crippen LogP contribution in [0.5, 0.6) is 0 Å². The Morgan fingerprint density at radius 2 is 0.599 bits per heavy atom. The van der Waals surface area contributed by atoms with Crippen LogP contribution in [0, 0.1) is 21.7 Å². The van der Waals surface area contributed by atoms with Gasteiger partial charge in [0.1, 0.15) is 6.17 Å². The van der Waals surface area contributed by atoms with Crippen molar-refractivity contribution in [1.29, 1.82) is 0 Å². The Hall–Kier alpha value is -8.82. The number of rotatable bonds is 16. The lowest BCUT2D eigenvalue weighted by atomic mass is 9.77. The molecule has 17 rings (SSSR count). The predicted octanol–water partition coefficient (Wildman–Crippen LogP) is 21.9. The molecular formula is C101H132ClF22N13O10. The van der Waals surface area contributed by atoms with Crippen LogP contribution in [0.2, 0.25) is 5.02 Å². The molecule has 23 nitrogen and oxygen atoms in total. The molecule has 13 fully saturated rings. The van der Waals surface area contributed by atoms with Crippen LogP contribution in [0.25, 0.3) is 0 Å². The first-order chi connectivity index (χ1) is 68.9. The standard InChI is InChI=1S/C26H34F6N4O3.C26H33F6N3O3.C25H32F7N3O2.C24H33ClF3N3O2/c1-18(25(27,28)29)39-23(38)35-13-11-33(12-14-35)16-20-3-4-21(26(30,31)32)15-22(20)34-8-5-24(6-9-34)7-10-36(17-24)19(2)37;1-17(25(27,28)29)37-23(36)34-11-8-24(16-34)6-9-33(10-7-24)13-18-2-3-19(26(30,31)32)12-22(18)35-14-20-4-5-21(15-35)38-20;1-17(24(27,28)29)37-22(36)35-13-8-23(16-35)6-11-33(12-7-23)15-18-2-3-19(25(30,31)32)14-21(18)34-9-4-20(26)5-10-34;1-18(24(26,27)28)33-22(32)31-14-9-23(17-31)7-12-29(13-8-23)16-19-5-6-20(25)15-21(19)30-10-3-2-4-11-30/h3-4,15,18H,5-14,16-17H2,1-2H3;2-3,12,17,20-21H,4-11,13-16H2,1H3;2-3,14,17,20H,4-13,15-16H2,1H3;5-6,15,18H,2-4,7-14,16-17H2,1H3. The number of anilines is 4. The molecule has 0 saturated carbocycles. The van der Waals surface area contributed by atoms with Gasteiger partial charge >= 0.3 is 67.6 Å². The van der Waals surface area contributed by atoms with Gasteiger partial charge in [-0.25, -0.2) is 23.6 Å². The first-order valence-electron chi connectivity index (χ1n) is 50.8. The monoisotopic (exact) mass is 2140 g/mol. The molecule has 13 heterocycles. The minimum Gasteiger partial charge on any atom is -0.437 e. The maximum absolute atomic E-state index is 13.7. The van der Waals surface area contributed by atoms with E-state index >= 15 is 0 Å². The number of halogens is 23. The Morgan fingerprint density at radius 3 is 0.918 bits per heavy atom. The summed E-state index contributed by atoms with van der Waals surface area (Å²) in [6, 6.07) is 17.6. The molecule has 0 N–H and O–H groups in total.